The largest absolute Gasteiger partial charge is 0.465 e. The molecule has 1 aromatic rings. The molecule has 0 aliphatic heterocycles. The second kappa shape index (κ2) is 9.15. The van der Waals surface area contributed by atoms with Gasteiger partial charge in [-0.1, -0.05) is 59.6 Å². The summed E-state index contributed by atoms with van der Waals surface area (Å²) in [6.45, 7) is 2.62. The number of hydrogen-bond donors (Lipinski definition) is 0. The highest BCUT2D eigenvalue weighted by Gasteiger charge is 2.15. The van der Waals surface area contributed by atoms with Crippen LogP contribution < -0.4 is 0 Å². The van der Waals surface area contributed by atoms with Crippen molar-refractivity contribution in [3.05, 3.63) is 35.9 Å². The van der Waals surface area contributed by atoms with Gasteiger partial charge in [0.25, 0.3) is 0 Å². The summed E-state index contributed by atoms with van der Waals surface area (Å²) in [5, 5.41) is 0. The highest BCUT2D eigenvalue weighted by Crippen LogP contribution is 2.13. The first-order valence-corrected chi connectivity index (χ1v) is 7.50. The first-order chi connectivity index (χ1) is 8.74. The summed E-state index contributed by atoms with van der Waals surface area (Å²) >= 11 is 3.39. The maximum Gasteiger partial charge on any atom is 0.319 e. The third kappa shape index (κ3) is 6.20. The molecular weight excluding hydrogens is 292 g/mol. The molecule has 0 bridgehead atoms. The van der Waals surface area contributed by atoms with Crippen LogP contribution >= 0.6 is 15.9 Å². The maximum absolute atomic E-state index is 11.6. The van der Waals surface area contributed by atoms with Gasteiger partial charge in [0.15, 0.2) is 0 Å². The van der Waals surface area contributed by atoms with Gasteiger partial charge in [-0.15, -0.1) is 0 Å². The van der Waals surface area contributed by atoms with Crippen LogP contribution in [0.15, 0.2) is 30.3 Å². The average Bonchev–Trinajstić information content (AvgIpc) is 2.40. The molecule has 3 heteroatoms. The smallest absolute Gasteiger partial charge is 0.319 e. The van der Waals surface area contributed by atoms with E-state index in [9.17, 15) is 4.79 Å². The highest BCUT2D eigenvalue weighted by molar-refractivity contribution is 9.10. The standard InChI is InChI=1S/C15H21BrO2/c1-2-3-12-18-15(17)14(16)11-7-10-13-8-5-4-6-9-13/h4-6,8-9,14H,2-3,7,10-12H2,1H3. The van der Waals surface area contributed by atoms with E-state index in [1.807, 2.05) is 18.2 Å². The van der Waals surface area contributed by atoms with Crippen LogP contribution in [0.3, 0.4) is 0 Å². The van der Waals surface area contributed by atoms with Crippen molar-refractivity contribution >= 4 is 21.9 Å². The van der Waals surface area contributed by atoms with E-state index < -0.39 is 0 Å². The molecule has 0 amide bonds. The topological polar surface area (TPSA) is 26.3 Å². The number of halogens is 1. The number of carbonyl (C=O) groups is 1. The van der Waals surface area contributed by atoms with Gasteiger partial charge in [0, 0.05) is 0 Å². The van der Waals surface area contributed by atoms with Crippen LogP contribution in [-0.4, -0.2) is 17.4 Å². The lowest BCUT2D eigenvalue weighted by molar-refractivity contribution is -0.143. The van der Waals surface area contributed by atoms with Gasteiger partial charge >= 0.3 is 5.97 Å². The number of carbonyl (C=O) groups excluding carboxylic acids is 1. The van der Waals surface area contributed by atoms with Gasteiger partial charge in [-0.25, -0.2) is 0 Å². The van der Waals surface area contributed by atoms with Gasteiger partial charge in [-0.05, 0) is 31.2 Å². The van der Waals surface area contributed by atoms with E-state index in [1.165, 1.54) is 5.56 Å². The van der Waals surface area contributed by atoms with Gasteiger partial charge < -0.3 is 4.74 Å². The summed E-state index contributed by atoms with van der Waals surface area (Å²) in [6.07, 6.45) is 4.80. The molecule has 0 radical (unpaired) electrons. The zero-order chi connectivity index (χ0) is 13.2. The molecule has 18 heavy (non-hydrogen) atoms. The third-order valence-corrected chi connectivity index (χ3v) is 3.60. The van der Waals surface area contributed by atoms with Crippen molar-refractivity contribution in [2.75, 3.05) is 6.61 Å². The van der Waals surface area contributed by atoms with Crippen molar-refractivity contribution in [3.63, 3.8) is 0 Å². The predicted molar refractivity (Wildman–Crippen MR) is 78.0 cm³/mol. The van der Waals surface area contributed by atoms with Crippen LogP contribution in [0, 0.1) is 0 Å². The molecule has 0 spiro atoms. The van der Waals surface area contributed by atoms with Crippen LogP contribution in [0.4, 0.5) is 0 Å². The minimum Gasteiger partial charge on any atom is -0.465 e. The van der Waals surface area contributed by atoms with Gasteiger partial charge in [0.05, 0.1) is 6.61 Å². The molecule has 1 aromatic carbocycles. The Labute approximate surface area is 118 Å². The number of aryl methyl sites for hydroxylation is 1. The highest BCUT2D eigenvalue weighted by atomic mass is 79.9. The van der Waals surface area contributed by atoms with Crippen molar-refractivity contribution in [2.45, 2.75) is 43.9 Å². The molecular formula is C15H21BrO2. The predicted octanol–water partition coefficient (Wildman–Crippen LogP) is 4.12. The van der Waals surface area contributed by atoms with Crippen LogP contribution in [0.25, 0.3) is 0 Å². The zero-order valence-corrected chi connectivity index (χ0v) is 12.5. The minimum atomic E-state index is -0.168. The van der Waals surface area contributed by atoms with Crippen LogP contribution in [0.1, 0.15) is 38.2 Å². The molecule has 0 heterocycles. The van der Waals surface area contributed by atoms with E-state index in [0.29, 0.717) is 6.61 Å². The Hall–Kier alpha value is -0.830. The number of alkyl halides is 1. The van der Waals surface area contributed by atoms with Crippen molar-refractivity contribution in [1.29, 1.82) is 0 Å². The summed E-state index contributed by atoms with van der Waals surface area (Å²) in [7, 11) is 0. The Morgan fingerprint density at radius 3 is 2.67 bits per heavy atom. The number of unbranched alkanes of at least 4 members (excludes halogenated alkanes) is 1. The summed E-state index contributed by atoms with van der Waals surface area (Å²) in [5.41, 5.74) is 1.32. The lowest BCUT2D eigenvalue weighted by atomic mass is 10.1. The van der Waals surface area contributed by atoms with E-state index in [2.05, 4.69) is 35.0 Å². The van der Waals surface area contributed by atoms with Crippen molar-refractivity contribution in [3.8, 4) is 0 Å². The van der Waals surface area contributed by atoms with Crippen molar-refractivity contribution in [2.24, 2.45) is 0 Å². The Morgan fingerprint density at radius 1 is 1.28 bits per heavy atom. The molecule has 0 saturated carbocycles. The normalized spacial score (nSPS) is 12.1. The molecule has 1 atom stereocenters. The Morgan fingerprint density at radius 2 is 2.00 bits per heavy atom. The number of benzene rings is 1. The maximum atomic E-state index is 11.6. The summed E-state index contributed by atoms with van der Waals surface area (Å²) in [4.78, 5) is 11.4. The van der Waals surface area contributed by atoms with Gasteiger partial charge in [-0.2, -0.15) is 0 Å². The zero-order valence-electron chi connectivity index (χ0n) is 10.9. The number of esters is 1. The van der Waals surface area contributed by atoms with Gasteiger partial charge in [0.1, 0.15) is 4.83 Å². The number of ether oxygens (including phenoxy) is 1. The summed E-state index contributed by atoms with van der Waals surface area (Å²) < 4.78 is 5.16. The summed E-state index contributed by atoms with van der Waals surface area (Å²) in [6, 6.07) is 10.3. The van der Waals surface area contributed by atoms with Crippen LogP contribution in [-0.2, 0) is 16.0 Å². The van der Waals surface area contributed by atoms with Gasteiger partial charge in [-0.3, -0.25) is 4.79 Å². The fourth-order valence-electron chi connectivity index (χ4n) is 1.66. The fourth-order valence-corrected chi connectivity index (χ4v) is 2.11. The van der Waals surface area contributed by atoms with Crippen molar-refractivity contribution < 1.29 is 9.53 Å². The first-order valence-electron chi connectivity index (χ1n) is 6.58. The monoisotopic (exact) mass is 312 g/mol. The van der Waals surface area contributed by atoms with E-state index in [-0.39, 0.29) is 10.8 Å². The molecule has 0 N–H and O–H groups in total. The fraction of sp³-hybridized carbons (Fsp3) is 0.533. The van der Waals surface area contributed by atoms with E-state index >= 15 is 0 Å². The Bertz CT molecular complexity index is 338. The number of rotatable bonds is 8. The Kier molecular flexibility index (Phi) is 7.74. The quantitative estimate of drug-likeness (QED) is 0.410. The molecule has 2 nitrogen and oxygen atoms in total. The first kappa shape index (κ1) is 15.2. The molecule has 0 saturated heterocycles. The molecule has 0 aromatic heterocycles. The van der Waals surface area contributed by atoms with E-state index in [4.69, 9.17) is 4.74 Å². The molecule has 0 aliphatic rings. The SMILES string of the molecule is CCCCOC(=O)C(Br)CCCc1ccccc1. The summed E-state index contributed by atoms with van der Waals surface area (Å²) in [5.74, 6) is -0.128. The van der Waals surface area contributed by atoms with Crippen LogP contribution in [0.5, 0.6) is 0 Å². The lowest BCUT2D eigenvalue weighted by Gasteiger charge is -2.09. The average molecular weight is 313 g/mol. The molecule has 100 valence electrons. The van der Waals surface area contributed by atoms with E-state index in [0.717, 1.165) is 32.1 Å². The lowest BCUT2D eigenvalue weighted by Crippen LogP contribution is -2.18. The van der Waals surface area contributed by atoms with Crippen molar-refractivity contribution in [1.82, 2.24) is 0 Å². The Balaban J connectivity index is 2.16. The minimum absolute atomic E-state index is 0.128. The second-order valence-electron chi connectivity index (χ2n) is 4.37. The van der Waals surface area contributed by atoms with Gasteiger partial charge in [0.2, 0.25) is 0 Å². The molecule has 1 rings (SSSR count). The molecule has 0 fully saturated rings. The molecule has 0 aliphatic carbocycles. The molecule has 1 unspecified atom stereocenters. The van der Waals surface area contributed by atoms with E-state index in [1.54, 1.807) is 0 Å². The number of hydrogen-bond acceptors (Lipinski definition) is 2. The second-order valence-corrected chi connectivity index (χ2v) is 5.47. The van der Waals surface area contributed by atoms with Crippen LogP contribution in [0.2, 0.25) is 0 Å². The third-order valence-electron chi connectivity index (χ3n) is 2.76.